The molecule has 3 rings (SSSR count). The highest BCUT2D eigenvalue weighted by atomic mass is 32.1. The van der Waals surface area contributed by atoms with Crippen LogP contribution in [-0.2, 0) is 0 Å². The fourth-order valence-corrected chi connectivity index (χ4v) is 3.83. The lowest BCUT2D eigenvalue weighted by atomic mass is 9.94. The Hall–Kier alpha value is -2.14. The van der Waals surface area contributed by atoms with Crippen molar-refractivity contribution in [1.29, 1.82) is 0 Å². The second kappa shape index (κ2) is 7.62. The summed E-state index contributed by atoms with van der Waals surface area (Å²) >= 11 is 1.48. The summed E-state index contributed by atoms with van der Waals surface area (Å²) in [5, 5.41) is 6.54. The molecule has 0 spiro atoms. The van der Waals surface area contributed by atoms with E-state index in [1.54, 1.807) is 23.6 Å². The first-order valence-corrected chi connectivity index (χ1v) is 9.31. The summed E-state index contributed by atoms with van der Waals surface area (Å²) < 4.78 is 0. The highest BCUT2D eigenvalue weighted by Crippen LogP contribution is 2.25. The van der Waals surface area contributed by atoms with Crippen molar-refractivity contribution in [2.75, 3.05) is 12.4 Å². The first kappa shape index (κ1) is 16.7. The third kappa shape index (κ3) is 3.67. The first-order valence-electron chi connectivity index (χ1n) is 8.36. The number of nitrogens with zero attached hydrogens (tertiary/aromatic N) is 1. The lowest BCUT2D eigenvalue weighted by Gasteiger charge is -2.31. The second-order valence-electron chi connectivity index (χ2n) is 6.22. The van der Waals surface area contributed by atoms with Crippen LogP contribution in [0, 0.1) is 0 Å². The zero-order valence-corrected chi connectivity index (χ0v) is 14.6. The average molecular weight is 342 g/mol. The number of nitrogens with one attached hydrogen (secondary N) is 1. The Morgan fingerprint density at radius 3 is 2.58 bits per heavy atom. The lowest BCUT2D eigenvalue weighted by molar-refractivity contribution is 0.0697. The molecule has 24 heavy (non-hydrogen) atoms. The van der Waals surface area contributed by atoms with Gasteiger partial charge in [0.2, 0.25) is 0 Å². The minimum Gasteiger partial charge on any atom is -0.339 e. The molecule has 1 aliphatic carbocycles. The lowest BCUT2D eigenvalue weighted by Crippen LogP contribution is -2.38. The van der Waals surface area contributed by atoms with Crippen LogP contribution in [0.25, 0.3) is 0 Å². The Kier molecular flexibility index (Phi) is 5.30. The van der Waals surface area contributed by atoms with Gasteiger partial charge in [-0.2, -0.15) is 11.3 Å². The molecule has 1 saturated carbocycles. The summed E-state index contributed by atoms with van der Waals surface area (Å²) in [7, 11) is 1.87. The topological polar surface area (TPSA) is 49.4 Å². The predicted molar refractivity (Wildman–Crippen MR) is 97.7 cm³/mol. The fraction of sp³-hybridized carbons (Fsp3) is 0.368. The van der Waals surface area contributed by atoms with Gasteiger partial charge in [-0.15, -0.1) is 0 Å². The van der Waals surface area contributed by atoms with Crippen molar-refractivity contribution in [3.8, 4) is 0 Å². The van der Waals surface area contributed by atoms with Gasteiger partial charge >= 0.3 is 0 Å². The normalized spacial score (nSPS) is 15.0. The molecule has 0 aliphatic heterocycles. The van der Waals surface area contributed by atoms with Crippen molar-refractivity contribution in [1.82, 2.24) is 4.90 Å². The van der Waals surface area contributed by atoms with Crippen molar-refractivity contribution in [3.05, 3.63) is 52.2 Å². The molecular weight excluding hydrogens is 320 g/mol. The van der Waals surface area contributed by atoms with Crippen LogP contribution in [0.4, 0.5) is 5.69 Å². The summed E-state index contributed by atoms with van der Waals surface area (Å²) in [5.74, 6) is -0.208. The molecule has 0 bridgehead atoms. The maximum absolute atomic E-state index is 12.9. The van der Waals surface area contributed by atoms with Crippen LogP contribution in [0.1, 0.15) is 52.8 Å². The van der Waals surface area contributed by atoms with E-state index < -0.39 is 0 Å². The predicted octanol–water partition coefficient (Wildman–Crippen LogP) is 4.41. The van der Waals surface area contributed by atoms with Crippen molar-refractivity contribution in [2.45, 2.75) is 38.1 Å². The third-order valence-corrected chi connectivity index (χ3v) is 5.32. The first-order chi connectivity index (χ1) is 11.7. The summed E-state index contributed by atoms with van der Waals surface area (Å²) in [6.45, 7) is 0. The van der Waals surface area contributed by atoms with E-state index >= 15 is 0 Å². The molecule has 2 aromatic rings. The van der Waals surface area contributed by atoms with E-state index in [2.05, 4.69) is 5.32 Å². The summed E-state index contributed by atoms with van der Waals surface area (Å²) in [4.78, 5) is 27.0. The third-order valence-electron chi connectivity index (χ3n) is 4.63. The minimum absolute atomic E-state index is 0.0249. The molecule has 1 N–H and O–H groups in total. The van der Waals surface area contributed by atoms with E-state index in [-0.39, 0.29) is 11.8 Å². The van der Waals surface area contributed by atoms with E-state index in [1.165, 1.54) is 30.6 Å². The number of benzene rings is 1. The molecule has 1 aromatic heterocycles. The van der Waals surface area contributed by atoms with E-state index in [0.29, 0.717) is 22.9 Å². The number of anilines is 1. The van der Waals surface area contributed by atoms with Crippen LogP contribution in [0.3, 0.4) is 0 Å². The zero-order chi connectivity index (χ0) is 16.9. The monoisotopic (exact) mass is 342 g/mol. The Labute approximate surface area is 146 Å². The number of carbonyl (C=O) groups is 2. The van der Waals surface area contributed by atoms with Crippen LogP contribution in [0.5, 0.6) is 0 Å². The molecule has 0 unspecified atom stereocenters. The van der Waals surface area contributed by atoms with E-state index in [1.807, 2.05) is 29.5 Å². The Bertz CT molecular complexity index is 706. The van der Waals surface area contributed by atoms with Gasteiger partial charge in [-0.3, -0.25) is 9.59 Å². The Balaban J connectivity index is 1.78. The molecule has 1 aliphatic rings. The molecule has 1 fully saturated rings. The highest BCUT2D eigenvalue weighted by Gasteiger charge is 2.24. The van der Waals surface area contributed by atoms with Gasteiger partial charge < -0.3 is 10.2 Å². The van der Waals surface area contributed by atoms with Gasteiger partial charge in [0.1, 0.15) is 0 Å². The molecule has 0 radical (unpaired) electrons. The van der Waals surface area contributed by atoms with Crippen molar-refractivity contribution >= 4 is 28.8 Å². The standard InChI is InChI=1S/C19H22N2O2S/c1-21(15-7-3-2-4-8-15)19(23)16-9-5-6-10-17(16)20-18(22)14-11-12-24-13-14/h5-6,9-13,15H,2-4,7-8H2,1H3,(H,20,22). The van der Waals surface area contributed by atoms with Gasteiger partial charge in [0.05, 0.1) is 16.8 Å². The molecular formula is C19H22N2O2S. The largest absolute Gasteiger partial charge is 0.339 e. The number of hydrogen-bond donors (Lipinski definition) is 1. The summed E-state index contributed by atoms with van der Waals surface area (Å²) in [5.41, 5.74) is 1.73. The Morgan fingerprint density at radius 2 is 1.88 bits per heavy atom. The number of carbonyl (C=O) groups excluding carboxylic acids is 2. The van der Waals surface area contributed by atoms with Crippen LogP contribution in [-0.4, -0.2) is 29.8 Å². The van der Waals surface area contributed by atoms with Crippen molar-refractivity contribution < 1.29 is 9.59 Å². The average Bonchev–Trinajstić information content (AvgIpc) is 3.16. The minimum atomic E-state index is -0.184. The molecule has 5 heteroatoms. The summed E-state index contributed by atoms with van der Waals surface area (Å²) in [6.07, 6.45) is 5.74. The maximum Gasteiger partial charge on any atom is 0.256 e. The number of para-hydroxylation sites is 1. The van der Waals surface area contributed by atoms with Gasteiger partial charge in [-0.1, -0.05) is 31.4 Å². The SMILES string of the molecule is CN(C(=O)c1ccccc1NC(=O)c1ccsc1)C1CCCCC1. The highest BCUT2D eigenvalue weighted by molar-refractivity contribution is 7.08. The summed E-state index contributed by atoms with van der Waals surface area (Å²) in [6, 6.07) is 9.31. The van der Waals surface area contributed by atoms with Crippen molar-refractivity contribution in [2.24, 2.45) is 0 Å². The van der Waals surface area contributed by atoms with Crippen LogP contribution >= 0.6 is 11.3 Å². The Morgan fingerprint density at radius 1 is 1.12 bits per heavy atom. The van der Waals surface area contributed by atoms with Gasteiger partial charge in [0.25, 0.3) is 11.8 Å². The molecule has 2 amide bonds. The van der Waals surface area contributed by atoms with Gasteiger partial charge in [0, 0.05) is 18.5 Å². The van der Waals surface area contributed by atoms with Crippen LogP contribution < -0.4 is 5.32 Å². The van der Waals surface area contributed by atoms with Crippen LogP contribution in [0.15, 0.2) is 41.1 Å². The molecule has 1 heterocycles. The quantitative estimate of drug-likeness (QED) is 0.895. The molecule has 0 atom stereocenters. The van der Waals surface area contributed by atoms with E-state index in [4.69, 9.17) is 0 Å². The molecule has 1 aromatic carbocycles. The molecule has 0 saturated heterocycles. The van der Waals surface area contributed by atoms with E-state index in [9.17, 15) is 9.59 Å². The fourth-order valence-electron chi connectivity index (χ4n) is 3.19. The van der Waals surface area contributed by atoms with Crippen molar-refractivity contribution in [3.63, 3.8) is 0 Å². The van der Waals surface area contributed by atoms with Gasteiger partial charge in [0.15, 0.2) is 0 Å². The number of amides is 2. The van der Waals surface area contributed by atoms with E-state index in [0.717, 1.165) is 12.8 Å². The van der Waals surface area contributed by atoms with Gasteiger partial charge in [-0.25, -0.2) is 0 Å². The maximum atomic E-state index is 12.9. The second-order valence-corrected chi connectivity index (χ2v) is 7.00. The molecule has 4 nitrogen and oxygen atoms in total. The smallest absolute Gasteiger partial charge is 0.256 e. The number of thiophene rings is 1. The zero-order valence-electron chi connectivity index (χ0n) is 13.8. The molecule has 126 valence electrons. The number of hydrogen-bond acceptors (Lipinski definition) is 3. The van der Waals surface area contributed by atoms with Gasteiger partial charge in [-0.05, 0) is 36.4 Å². The van der Waals surface area contributed by atoms with Crippen LogP contribution in [0.2, 0.25) is 0 Å². The number of rotatable bonds is 4.